The molecule has 0 saturated heterocycles. The summed E-state index contributed by atoms with van der Waals surface area (Å²) < 4.78 is 19.6. The van der Waals surface area contributed by atoms with E-state index in [0.29, 0.717) is 54.5 Å². The van der Waals surface area contributed by atoms with Gasteiger partial charge in [0.25, 0.3) is 0 Å². The zero-order valence-corrected chi connectivity index (χ0v) is 24.8. The van der Waals surface area contributed by atoms with E-state index in [9.17, 15) is 14.7 Å². The molecule has 9 heteroatoms. The van der Waals surface area contributed by atoms with Crippen molar-refractivity contribution in [3.63, 3.8) is 0 Å². The molecule has 1 aliphatic heterocycles. The van der Waals surface area contributed by atoms with Crippen LogP contribution < -0.4 is 14.9 Å². The molecule has 2 heterocycles. The van der Waals surface area contributed by atoms with Crippen molar-refractivity contribution < 1.29 is 24.1 Å². The summed E-state index contributed by atoms with van der Waals surface area (Å²) >= 11 is 12.1. The first kappa shape index (κ1) is 28.1. The van der Waals surface area contributed by atoms with Crippen molar-refractivity contribution in [1.29, 1.82) is 0 Å². The molecule has 0 spiro atoms. The van der Waals surface area contributed by atoms with E-state index in [4.69, 9.17) is 37.4 Å². The largest absolute Gasteiger partial charge is 0.496 e. The summed E-state index contributed by atoms with van der Waals surface area (Å²) in [4.78, 5) is 26.9. The lowest BCUT2D eigenvalue weighted by Crippen LogP contribution is -2.51. The number of aliphatic hydroxyl groups is 1. The number of fused-ring (bicyclic) bond motifs is 5. The molecule has 0 amide bonds. The summed E-state index contributed by atoms with van der Waals surface area (Å²) in [5.41, 5.74) is 0.747. The van der Waals surface area contributed by atoms with E-state index < -0.39 is 23.8 Å². The van der Waals surface area contributed by atoms with E-state index in [-0.39, 0.29) is 5.43 Å². The minimum atomic E-state index is -1.32. The smallest absolute Gasteiger partial charge is 0.331 e. The van der Waals surface area contributed by atoms with Crippen LogP contribution in [0.3, 0.4) is 0 Å². The molecular weight excluding hydrogens is 577 g/mol. The molecule has 0 saturated carbocycles. The zero-order valence-electron chi connectivity index (χ0n) is 23.3. The van der Waals surface area contributed by atoms with Crippen molar-refractivity contribution >= 4 is 67.8 Å². The molecule has 1 N–H and O–H groups in total. The monoisotopic (exact) mass is 603 g/mol. The summed E-state index contributed by atoms with van der Waals surface area (Å²) in [5.74, 6) is -0.0260. The van der Waals surface area contributed by atoms with E-state index in [1.165, 1.54) is 13.2 Å². The summed E-state index contributed by atoms with van der Waals surface area (Å²) in [6.07, 6.45) is 0.373. The fraction of sp³-hybridized carbons (Fsp3) is 0.212. The van der Waals surface area contributed by atoms with Crippen LogP contribution in [0.2, 0.25) is 10.0 Å². The number of nitrogens with zero attached hydrogens (tertiary/aromatic N) is 1. The number of aryl methyl sites for hydroxylation is 1. The Bertz CT molecular complexity index is 2010. The lowest BCUT2D eigenvalue weighted by atomic mass is 9.86. The maximum atomic E-state index is 14.0. The van der Waals surface area contributed by atoms with Crippen LogP contribution in [0.25, 0.3) is 38.7 Å². The predicted molar refractivity (Wildman–Crippen MR) is 166 cm³/mol. The highest BCUT2D eigenvalue weighted by molar-refractivity contribution is 6.42. The SMILES string of the molecule is COc1cc2c(c3c1c(=O)c1cc4ccccc4cc1n3C)[C@@H](O)[C@@H](OC(=O)/C=C/c1ccc(Cl)c(Cl)c1)C(C)(C)O2. The number of carbonyl (C=O) groups excluding carboxylic acids is 1. The van der Waals surface area contributed by atoms with Gasteiger partial charge < -0.3 is 23.9 Å². The molecule has 0 fully saturated rings. The number of methoxy groups -OCH3 is 1. The van der Waals surface area contributed by atoms with Crippen LogP contribution in [0.1, 0.15) is 31.1 Å². The third-order valence-corrected chi connectivity index (χ3v) is 8.50. The number of aromatic nitrogens is 1. The molecule has 0 aliphatic carbocycles. The second kappa shape index (κ2) is 10.3. The maximum Gasteiger partial charge on any atom is 0.331 e. The number of carbonyl (C=O) groups is 1. The lowest BCUT2D eigenvalue weighted by molar-refractivity contribution is -0.171. The lowest BCUT2D eigenvalue weighted by Gasteiger charge is -2.42. The van der Waals surface area contributed by atoms with Crippen LogP contribution in [-0.4, -0.2) is 34.5 Å². The first-order valence-electron chi connectivity index (χ1n) is 13.3. The zero-order chi connectivity index (χ0) is 29.9. The van der Waals surface area contributed by atoms with Gasteiger partial charge in [0, 0.05) is 24.6 Å². The van der Waals surface area contributed by atoms with Gasteiger partial charge in [-0.1, -0.05) is 53.5 Å². The first-order chi connectivity index (χ1) is 20.0. The second-order valence-electron chi connectivity index (χ2n) is 10.8. The van der Waals surface area contributed by atoms with Gasteiger partial charge in [0.05, 0.1) is 39.1 Å². The molecule has 4 aromatic carbocycles. The summed E-state index contributed by atoms with van der Waals surface area (Å²) in [6.45, 7) is 3.45. The Morgan fingerprint density at radius 3 is 2.45 bits per heavy atom. The van der Waals surface area contributed by atoms with E-state index in [1.807, 2.05) is 48.0 Å². The van der Waals surface area contributed by atoms with Gasteiger partial charge in [0.1, 0.15) is 23.2 Å². The molecule has 7 nitrogen and oxygen atoms in total. The van der Waals surface area contributed by atoms with E-state index in [2.05, 4.69) is 0 Å². The molecule has 0 radical (unpaired) electrons. The number of aliphatic hydroxyl groups excluding tert-OH is 1. The van der Waals surface area contributed by atoms with Gasteiger partial charge in [0.2, 0.25) is 5.43 Å². The van der Waals surface area contributed by atoms with E-state index >= 15 is 0 Å². The Hall–Kier alpha value is -4.04. The number of pyridine rings is 1. The normalized spacial score (nSPS) is 17.9. The molecule has 0 bridgehead atoms. The number of ether oxygens (including phenoxy) is 3. The summed E-state index contributed by atoms with van der Waals surface area (Å²) in [6, 6.07) is 18.2. The number of esters is 1. The van der Waals surface area contributed by atoms with E-state index in [1.54, 1.807) is 44.2 Å². The quantitative estimate of drug-likeness (QED) is 0.135. The first-order valence-corrected chi connectivity index (χ1v) is 14.0. The Morgan fingerprint density at radius 2 is 1.76 bits per heavy atom. The summed E-state index contributed by atoms with van der Waals surface area (Å²) in [5, 5.41) is 15.3. The predicted octanol–water partition coefficient (Wildman–Crippen LogP) is 6.99. The number of hydrogen-bond donors (Lipinski definition) is 1. The molecule has 2 atom stereocenters. The standard InChI is InChI=1S/C33H27Cl2NO6/c1-33(2)32(41-26(37)12-10-17-9-11-21(34)22(35)13-17)31(39)28-25(42-33)16-24(40-4)27-29(28)36(3)23-15-19-8-6-5-7-18(19)14-20(23)30(27)38/h5-16,31-32,39H,1-4H3/b12-10+/t31-,32-/m1/s1. The van der Waals surface area contributed by atoms with Gasteiger partial charge in [-0.25, -0.2) is 4.79 Å². The Kier molecular flexibility index (Phi) is 6.92. The number of hydrogen-bond acceptors (Lipinski definition) is 6. The topological polar surface area (TPSA) is 87.0 Å². The van der Waals surface area contributed by atoms with Crippen molar-refractivity contribution in [3.05, 3.63) is 98.1 Å². The average Bonchev–Trinajstić information content (AvgIpc) is 2.96. The minimum absolute atomic E-state index is 0.237. The van der Waals surface area contributed by atoms with Crippen LogP contribution in [-0.2, 0) is 16.6 Å². The van der Waals surface area contributed by atoms with Gasteiger partial charge in [-0.15, -0.1) is 0 Å². The molecule has 0 unspecified atom stereocenters. The highest BCUT2D eigenvalue weighted by Crippen LogP contribution is 2.47. The Balaban J connectivity index is 1.49. The fourth-order valence-electron chi connectivity index (χ4n) is 5.70. The van der Waals surface area contributed by atoms with Gasteiger partial charge in [0.15, 0.2) is 6.10 Å². The highest BCUT2D eigenvalue weighted by atomic mass is 35.5. The van der Waals surface area contributed by atoms with Crippen LogP contribution in [0, 0.1) is 0 Å². The van der Waals surface area contributed by atoms with Crippen LogP contribution in [0.15, 0.2) is 71.5 Å². The van der Waals surface area contributed by atoms with Crippen LogP contribution in [0.5, 0.6) is 11.5 Å². The van der Waals surface area contributed by atoms with Crippen molar-refractivity contribution in [2.75, 3.05) is 7.11 Å². The van der Waals surface area contributed by atoms with Gasteiger partial charge >= 0.3 is 5.97 Å². The molecule has 1 aliphatic rings. The molecular formula is C33H27Cl2NO6. The molecule has 214 valence electrons. The second-order valence-corrected chi connectivity index (χ2v) is 11.6. The number of rotatable bonds is 4. The van der Waals surface area contributed by atoms with Crippen molar-refractivity contribution in [2.45, 2.75) is 31.7 Å². The molecule has 5 aromatic rings. The van der Waals surface area contributed by atoms with Crippen molar-refractivity contribution in [3.8, 4) is 11.5 Å². The number of halogens is 2. The van der Waals surface area contributed by atoms with Crippen LogP contribution in [0.4, 0.5) is 0 Å². The van der Waals surface area contributed by atoms with Crippen molar-refractivity contribution in [1.82, 2.24) is 4.57 Å². The van der Waals surface area contributed by atoms with E-state index in [0.717, 1.165) is 10.8 Å². The molecule has 42 heavy (non-hydrogen) atoms. The van der Waals surface area contributed by atoms with Crippen molar-refractivity contribution in [2.24, 2.45) is 7.05 Å². The Labute approximate surface area is 251 Å². The third kappa shape index (κ3) is 4.58. The fourth-order valence-corrected chi connectivity index (χ4v) is 6.01. The average molecular weight is 604 g/mol. The van der Waals surface area contributed by atoms with Gasteiger partial charge in [-0.05, 0) is 60.5 Å². The molecule has 1 aromatic heterocycles. The van der Waals surface area contributed by atoms with Crippen LogP contribution >= 0.6 is 23.2 Å². The highest BCUT2D eigenvalue weighted by Gasteiger charge is 2.47. The van der Waals surface area contributed by atoms with Gasteiger partial charge in [-0.2, -0.15) is 0 Å². The summed E-state index contributed by atoms with van der Waals surface area (Å²) in [7, 11) is 3.31. The Morgan fingerprint density at radius 1 is 1.05 bits per heavy atom. The van der Waals surface area contributed by atoms with Gasteiger partial charge in [-0.3, -0.25) is 4.79 Å². The maximum absolute atomic E-state index is 14.0. The number of benzene rings is 4. The third-order valence-electron chi connectivity index (χ3n) is 7.76. The minimum Gasteiger partial charge on any atom is -0.496 e. The molecule has 6 rings (SSSR count).